The van der Waals surface area contributed by atoms with Crippen LogP contribution in [0.4, 0.5) is 0 Å². The molecule has 3 aromatic carbocycles. The van der Waals surface area contributed by atoms with Crippen LogP contribution in [0.25, 0.3) is 38.8 Å². The minimum Gasteiger partial charge on any atom is -0.467 e. The first-order chi connectivity index (χ1) is 23.5. The molecule has 5 nitrogen and oxygen atoms in total. The molecule has 242 valence electrons. The molecule has 0 amide bonds. The van der Waals surface area contributed by atoms with Crippen LogP contribution in [0.5, 0.6) is 0 Å². The monoisotopic (exact) mass is 634 g/mol. The first-order valence-electron chi connectivity index (χ1n) is 18.0. The van der Waals surface area contributed by atoms with Crippen molar-refractivity contribution in [1.29, 1.82) is 0 Å². The van der Waals surface area contributed by atoms with Gasteiger partial charge in [-0.1, -0.05) is 76.6 Å². The molecule has 0 spiro atoms. The number of pyridine rings is 2. The average Bonchev–Trinajstić information content (AvgIpc) is 3.59. The molecular formula is C43H44N4O. The molecule has 6 aromatic rings. The molecule has 1 aliphatic heterocycles. The molecule has 3 aromatic heterocycles. The van der Waals surface area contributed by atoms with Gasteiger partial charge in [-0.15, -0.1) is 0 Å². The molecule has 2 aliphatic rings. The molecule has 0 bridgehead atoms. The third-order valence-electron chi connectivity index (χ3n) is 10.5. The molecule has 8 rings (SSSR count). The molecule has 4 heterocycles. The second-order valence-corrected chi connectivity index (χ2v) is 15.3. The normalized spacial score (nSPS) is 22.0. The highest BCUT2D eigenvalue weighted by Crippen LogP contribution is 2.53. The fraction of sp³-hybridized carbons (Fsp3) is 0.326. The van der Waals surface area contributed by atoms with Gasteiger partial charge in [0.15, 0.2) is 0 Å². The maximum absolute atomic E-state index is 9.35. The first-order valence-corrected chi connectivity index (χ1v) is 17.0. The summed E-state index contributed by atoms with van der Waals surface area (Å²) in [6.45, 7) is 18.9. The van der Waals surface area contributed by atoms with Crippen molar-refractivity contribution in [2.75, 3.05) is 0 Å². The van der Waals surface area contributed by atoms with Crippen molar-refractivity contribution in [3.63, 3.8) is 0 Å². The molecule has 0 unspecified atom stereocenters. The van der Waals surface area contributed by atoms with E-state index in [1.165, 1.54) is 16.5 Å². The number of hydrogen-bond donors (Lipinski definition) is 0. The van der Waals surface area contributed by atoms with Crippen LogP contribution in [0.1, 0.15) is 96.3 Å². The average molecular weight is 635 g/mol. The summed E-state index contributed by atoms with van der Waals surface area (Å²) in [5.41, 5.74) is 9.37. The van der Waals surface area contributed by atoms with Crippen LogP contribution in [0.3, 0.4) is 0 Å². The van der Waals surface area contributed by atoms with Crippen molar-refractivity contribution in [2.45, 2.75) is 91.2 Å². The van der Waals surface area contributed by atoms with Gasteiger partial charge in [-0.05, 0) is 104 Å². The lowest BCUT2D eigenvalue weighted by Crippen LogP contribution is -2.41. The number of nitrogens with zero attached hydrogens (tertiary/aromatic N) is 4. The third-order valence-corrected chi connectivity index (χ3v) is 10.5. The number of ether oxygens (including phenoxy) is 1. The summed E-state index contributed by atoms with van der Waals surface area (Å²) in [5.74, 6) is 0.502. The molecule has 0 N–H and O–H groups in total. The standard InChI is InChI=1S/C43H44N4O/c1-25(2)35-22-30(23-37(45-35)40-46-43(9)34-12-10-11-27(4)33(34)24-42(43,8)48-40)47-38-16-13-26(3)19-32(38)31-15-14-28(20-39(31)47)36-21-29(17-18-44-36)41(5,6)7/h10-23,25H,24H2,1-9H3/t42-,43+/m0/s1/i24D2. The number of rotatable bonds is 4. The Morgan fingerprint density at radius 2 is 1.69 bits per heavy atom. The van der Waals surface area contributed by atoms with Crippen molar-refractivity contribution in [2.24, 2.45) is 4.99 Å². The van der Waals surface area contributed by atoms with Gasteiger partial charge in [-0.25, -0.2) is 9.98 Å². The highest BCUT2D eigenvalue weighted by Gasteiger charge is 2.59. The van der Waals surface area contributed by atoms with Crippen molar-refractivity contribution >= 4 is 27.7 Å². The molecule has 0 saturated carbocycles. The summed E-state index contributed by atoms with van der Waals surface area (Å²) >= 11 is 0. The van der Waals surface area contributed by atoms with E-state index in [0.717, 1.165) is 50.2 Å². The number of hydrogen-bond acceptors (Lipinski definition) is 4. The van der Waals surface area contributed by atoms with Crippen molar-refractivity contribution in [1.82, 2.24) is 14.5 Å². The number of aryl methyl sites for hydroxylation is 2. The Morgan fingerprint density at radius 1 is 0.875 bits per heavy atom. The highest BCUT2D eigenvalue weighted by atomic mass is 16.5. The van der Waals surface area contributed by atoms with Crippen LogP contribution in [-0.2, 0) is 22.1 Å². The Labute approximate surface area is 286 Å². The van der Waals surface area contributed by atoms with Gasteiger partial charge >= 0.3 is 0 Å². The maximum atomic E-state index is 9.35. The van der Waals surface area contributed by atoms with Gasteiger partial charge in [0.25, 0.3) is 0 Å². The van der Waals surface area contributed by atoms with E-state index >= 15 is 0 Å². The van der Waals surface area contributed by atoms with Crippen molar-refractivity contribution in [3.8, 4) is 16.9 Å². The van der Waals surface area contributed by atoms with E-state index in [4.69, 9.17) is 19.7 Å². The second kappa shape index (κ2) is 10.4. The molecule has 5 heteroatoms. The minimum absolute atomic E-state index is 0.00700. The molecular weight excluding hydrogens is 589 g/mol. The lowest BCUT2D eigenvalue weighted by atomic mass is 9.84. The van der Waals surface area contributed by atoms with E-state index in [1.807, 2.05) is 45.2 Å². The Bertz CT molecular complexity index is 2420. The molecule has 0 fully saturated rings. The van der Waals surface area contributed by atoms with Crippen LogP contribution in [0.15, 0.2) is 90.1 Å². The highest BCUT2D eigenvalue weighted by molar-refractivity contribution is 6.10. The second-order valence-electron chi connectivity index (χ2n) is 15.3. The van der Waals surface area contributed by atoms with Gasteiger partial charge in [0.1, 0.15) is 16.8 Å². The maximum Gasteiger partial charge on any atom is 0.237 e. The van der Waals surface area contributed by atoms with E-state index in [1.54, 1.807) is 0 Å². The van der Waals surface area contributed by atoms with E-state index in [2.05, 4.69) is 107 Å². The fourth-order valence-corrected chi connectivity index (χ4v) is 7.38. The van der Waals surface area contributed by atoms with E-state index in [9.17, 15) is 2.74 Å². The van der Waals surface area contributed by atoms with E-state index < -0.39 is 17.5 Å². The van der Waals surface area contributed by atoms with Crippen LogP contribution >= 0.6 is 0 Å². The fourth-order valence-electron chi connectivity index (χ4n) is 7.38. The SMILES string of the molecule is [2H]C1([2H])c2c(C)cccc2[C@@]2(C)N=C(c3cc(-n4c5ccc(C)cc5c5ccc(-c6cc(C(C)(C)C)ccn6)cc54)cc(C(C)C)n3)O[C@@]12C. The Hall–Kier alpha value is -4.77. The van der Waals surface area contributed by atoms with Crippen LogP contribution in [-0.4, -0.2) is 26.0 Å². The molecule has 2 atom stereocenters. The Balaban J connectivity index is 1.35. The molecule has 0 saturated heterocycles. The van der Waals surface area contributed by atoms with Crippen molar-refractivity contribution < 1.29 is 7.48 Å². The zero-order valence-electron chi connectivity index (χ0n) is 31.4. The molecule has 1 aliphatic carbocycles. The Morgan fingerprint density at radius 3 is 2.46 bits per heavy atom. The minimum atomic E-state index is -1.76. The smallest absolute Gasteiger partial charge is 0.237 e. The van der Waals surface area contributed by atoms with Gasteiger partial charge in [-0.2, -0.15) is 0 Å². The topological polar surface area (TPSA) is 52.3 Å². The van der Waals surface area contributed by atoms with E-state index in [0.29, 0.717) is 17.2 Å². The zero-order valence-corrected chi connectivity index (χ0v) is 29.4. The van der Waals surface area contributed by atoms with E-state index in [-0.39, 0.29) is 11.3 Å². The van der Waals surface area contributed by atoms with Crippen molar-refractivity contribution in [3.05, 3.63) is 124 Å². The molecule has 0 radical (unpaired) electrons. The van der Waals surface area contributed by atoms with Crippen LogP contribution < -0.4 is 0 Å². The summed E-state index contributed by atoms with van der Waals surface area (Å²) in [6, 6.07) is 27.7. The lowest BCUT2D eigenvalue weighted by molar-refractivity contribution is 0.0473. The lowest BCUT2D eigenvalue weighted by Gasteiger charge is -2.31. The largest absolute Gasteiger partial charge is 0.467 e. The quantitative estimate of drug-likeness (QED) is 0.194. The summed E-state index contributed by atoms with van der Waals surface area (Å²) in [6.07, 6.45) is 0.148. The number of aromatic nitrogens is 3. The van der Waals surface area contributed by atoms with Gasteiger partial charge in [0.05, 0.1) is 22.4 Å². The summed E-state index contributed by atoms with van der Waals surface area (Å²) in [4.78, 5) is 15.1. The van der Waals surface area contributed by atoms with Crippen LogP contribution in [0, 0.1) is 13.8 Å². The summed E-state index contributed by atoms with van der Waals surface area (Å²) < 4.78 is 27.7. The predicted octanol–water partition coefficient (Wildman–Crippen LogP) is 10.3. The molecule has 48 heavy (non-hydrogen) atoms. The predicted molar refractivity (Wildman–Crippen MR) is 198 cm³/mol. The van der Waals surface area contributed by atoms with Gasteiger partial charge < -0.3 is 9.30 Å². The number of fused-ring (bicyclic) bond motifs is 6. The number of benzene rings is 3. The summed E-state index contributed by atoms with van der Waals surface area (Å²) in [5, 5.41) is 2.34. The zero-order chi connectivity index (χ0) is 35.5. The first kappa shape index (κ1) is 28.3. The van der Waals surface area contributed by atoms with Crippen LogP contribution in [0.2, 0.25) is 0 Å². The number of aliphatic imine (C=N–C) groups is 1. The van der Waals surface area contributed by atoms with Gasteiger partial charge in [0, 0.05) is 37.3 Å². The third kappa shape index (κ3) is 4.54. The van der Waals surface area contributed by atoms with Gasteiger partial charge in [-0.3, -0.25) is 4.98 Å². The Kier molecular flexibility index (Phi) is 6.10. The summed E-state index contributed by atoms with van der Waals surface area (Å²) in [7, 11) is 0. The van der Waals surface area contributed by atoms with Gasteiger partial charge in [0.2, 0.25) is 5.90 Å².